The molecule has 5 rings (SSSR count). The summed E-state index contributed by atoms with van der Waals surface area (Å²) in [5.41, 5.74) is 10.5. The van der Waals surface area contributed by atoms with Crippen LogP contribution in [0.25, 0.3) is 21.7 Å². The lowest BCUT2D eigenvalue weighted by Crippen LogP contribution is -2.38. The number of nitrogen functional groups attached to an aromatic ring is 1. The van der Waals surface area contributed by atoms with Crippen LogP contribution in [-0.4, -0.2) is 48.1 Å². The summed E-state index contributed by atoms with van der Waals surface area (Å²) >= 11 is 0. The number of nitrogens with zero attached hydrogens (tertiary/aromatic N) is 2. The fourth-order valence-corrected chi connectivity index (χ4v) is 4.73. The Morgan fingerprint density at radius 3 is 2.31 bits per heavy atom. The minimum Gasteiger partial charge on any atom is -0.398 e. The van der Waals surface area contributed by atoms with Gasteiger partial charge in [-0.25, -0.2) is 0 Å². The Hall–Kier alpha value is -2.86. The molecule has 166 valence electrons. The molecule has 1 aromatic heterocycles. The standard InChI is InChI=1S/C26H27N3O2.ClH/c1-18-25(26(30)21-10-11-23(27)20-7-3-2-6-19(20)21)22-8-4-5-9-24(22)29(18)13-12-28-14-16-31-17-15-28;/h2-11H,12-17,27H2,1H3;1H. The van der Waals surface area contributed by atoms with Crippen LogP contribution in [0.1, 0.15) is 21.6 Å². The van der Waals surface area contributed by atoms with Crippen molar-refractivity contribution >= 4 is 45.6 Å². The van der Waals surface area contributed by atoms with Gasteiger partial charge in [-0.2, -0.15) is 0 Å². The van der Waals surface area contributed by atoms with Crippen LogP contribution < -0.4 is 5.73 Å². The summed E-state index contributed by atoms with van der Waals surface area (Å²) in [5, 5.41) is 2.83. The topological polar surface area (TPSA) is 60.5 Å². The number of aromatic nitrogens is 1. The highest BCUT2D eigenvalue weighted by molar-refractivity contribution is 6.23. The molecule has 5 nitrogen and oxygen atoms in total. The zero-order chi connectivity index (χ0) is 21.4. The zero-order valence-corrected chi connectivity index (χ0v) is 19.0. The number of morpholine rings is 1. The van der Waals surface area contributed by atoms with Gasteiger partial charge in [-0.15, -0.1) is 12.4 Å². The number of para-hydroxylation sites is 1. The lowest BCUT2D eigenvalue weighted by molar-refractivity contribution is 0.0365. The first-order chi connectivity index (χ1) is 15.1. The van der Waals surface area contributed by atoms with Gasteiger partial charge in [0, 0.05) is 59.4 Å². The second-order valence-corrected chi connectivity index (χ2v) is 8.16. The average Bonchev–Trinajstić information content (AvgIpc) is 3.09. The Morgan fingerprint density at radius 1 is 0.906 bits per heavy atom. The largest absolute Gasteiger partial charge is 0.398 e. The van der Waals surface area contributed by atoms with Gasteiger partial charge in [0.15, 0.2) is 5.78 Å². The summed E-state index contributed by atoms with van der Waals surface area (Å²) in [6.07, 6.45) is 0. The van der Waals surface area contributed by atoms with Gasteiger partial charge in [0.1, 0.15) is 0 Å². The lowest BCUT2D eigenvalue weighted by atomic mass is 9.95. The molecule has 0 spiro atoms. The normalized spacial score (nSPS) is 14.5. The number of anilines is 1. The van der Waals surface area contributed by atoms with Crippen molar-refractivity contribution in [3.8, 4) is 0 Å². The van der Waals surface area contributed by atoms with Gasteiger partial charge in [0.25, 0.3) is 0 Å². The molecule has 2 N–H and O–H groups in total. The van der Waals surface area contributed by atoms with E-state index in [4.69, 9.17) is 10.5 Å². The SMILES string of the molecule is Cc1c(C(=O)c2ccc(N)c3ccccc23)c2ccccc2n1CCN1CCOCC1.Cl. The highest BCUT2D eigenvalue weighted by Gasteiger charge is 2.23. The number of carbonyl (C=O) groups is 1. The van der Waals surface area contributed by atoms with Crippen LogP contribution in [-0.2, 0) is 11.3 Å². The molecule has 1 fully saturated rings. The highest BCUT2D eigenvalue weighted by Crippen LogP contribution is 2.32. The van der Waals surface area contributed by atoms with E-state index >= 15 is 0 Å². The van der Waals surface area contributed by atoms with E-state index in [1.807, 2.05) is 48.5 Å². The first kappa shape index (κ1) is 22.3. The molecule has 4 aromatic rings. The molecule has 2 heterocycles. The summed E-state index contributed by atoms with van der Waals surface area (Å²) < 4.78 is 7.76. The second kappa shape index (κ2) is 9.33. The van der Waals surface area contributed by atoms with Crippen LogP contribution in [0.2, 0.25) is 0 Å². The Morgan fingerprint density at radius 2 is 1.56 bits per heavy atom. The maximum absolute atomic E-state index is 13.8. The first-order valence-electron chi connectivity index (χ1n) is 10.8. The van der Waals surface area contributed by atoms with E-state index in [1.54, 1.807) is 0 Å². The fraction of sp³-hybridized carbons (Fsp3) is 0.269. The molecule has 1 saturated heterocycles. The minimum absolute atomic E-state index is 0. The van der Waals surface area contributed by atoms with Gasteiger partial charge in [-0.05, 0) is 30.5 Å². The zero-order valence-electron chi connectivity index (χ0n) is 18.2. The van der Waals surface area contributed by atoms with Crippen LogP contribution >= 0.6 is 12.4 Å². The molecular weight excluding hydrogens is 422 g/mol. The third-order valence-corrected chi connectivity index (χ3v) is 6.40. The predicted octanol–water partition coefficient (Wildman–Crippen LogP) is 4.67. The number of benzene rings is 3. The molecule has 0 amide bonds. The van der Waals surface area contributed by atoms with Crippen molar-refractivity contribution in [3.63, 3.8) is 0 Å². The van der Waals surface area contributed by atoms with Crippen molar-refractivity contribution in [3.05, 3.63) is 77.5 Å². The van der Waals surface area contributed by atoms with E-state index < -0.39 is 0 Å². The van der Waals surface area contributed by atoms with Crippen LogP contribution in [0, 0.1) is 6.92 Å². The molecule has 0 radical (unpaired) electrons. The number of rotatable bonds is 5. The van der Waals surface area contributed by atoms with Crippen LogP contribution in [0.15, 0.2) is 60.7 Å². The highest BCUT2D eigenvalue weighted by atomic mass is 35.5. The van der Waals surface area contributed by atoms with Gasteiger partial charge < -0.3 is 15.0 Å². The summed E-state index contributed by atoms with van der Waals surface area (Å²) in [4.78, 5) is 16.3. The fourth-order valence-electron chi connectivity index (χ4n) is 4.73. The van der Waals surface area contributed by atoms with E-state index in [9.17, 15) is 4.79 Å². The first-order valence-corrected chi connectivity index (χ1v) is 10.8. The average molecular weight is 450 g/mol. The van der Waals surface area contributed by atoms with E-state index in [2.05, 4.69) is 28.5 Å². The third kappa shape index (κ3) is 3.88. The van der Waals surface area contributed by atoms with Gasteiger partial charge in [0.05, 0.1) is 18.8 Å². The maximum atomic E-state index is 13.8. The summed E-state index contributed by atoms with van der Waals surface area (Å²) in [6.45, 7) is 7.36. The van der Waals surface area contributed by atoms with Crippen LogP contribution in [0.4, 0.5) is 5.69 Å². The molecule has 6 heteroatoms. The number of ether oxygens (including phenoxy) is 1. The van der Waals surface area contributed by atoms with Crippen LogP contribution in [0.5, 0.6) is 0 Å². The van der Waals surface area contributed by atoms with Gasteiger partial charge >= 0.3 is 0 Å². The van der Waals surface area contributed by atoms with Gasteiger partial charge in [-0.3, -0.25) is 9.69 Å². The molecule has 32 heavy (non-hydrogen) atoms. The van der Waals surface area contributed by atoms with Crippen molar-refractivity contribution in [1.29, 1.82) is 0 Å². The Kier molecular flexibility index (Phi) is 6.51. The molecule has 1 aliphatic heterocycles. The van der Waals surface area contributed by atoms with E-state index in [0.717, 1.165) is 72.3 Å². The molecule has 0 bridgehead atoms. The molecule has 0 saturated carbocycles. The van der Waals surface area contributed by atoms with E-state index in [1.165, 1.54) is 0 Å². The number of fused-ring (bicyclic) bond motifs is 2. The smallest absolute Gasteiger partial charge is 0.196 e. The van der Waals surface area contributed by atoms with Crippen LogP contribution in [0.3, 0.4) is 0 Å². The van der Waals surface area contributed by atoms with Crippen molar-refractivity contribution in [2.45, 2.75) is 13.5 Å². The third-order valence-electron chi connectivity index (χ3n) is 6.40. The lowest BCUT2D eigenvalue weighted by Gasteiger charge is -2.27. The Bertz CT molecular complexity index is 1280. The van der Waals surface area contributed by atoms with Crippen molar-refractivity contribution in [1.82, 2.24) is 9.47 Å². The monoisotopic (exact) mass is 449 g/mol. The van der Waals surface area contributed by atoms with Crippen molar-refractivity contribution in [2.24, 2.45) is 0 Å². The number of ketones is 1. The number of carbonyl (C=O) groups excluding carboxylic acids is 1. The molecular formula is C26H28ClN3O2. The Balaban J connectivity index is 0.00000245. The Labute approximate surface area is 194 Å². The maximum Gasteiger partial charge on any atom is 0.196 e. The number of hydrogen-bond acceptors (Lipinski definition) is 4. The number of halogens is 1. The molecule has 0 atom stereocenters. The summed E-state index contributed by atoms with van der Waals surface area (Å²) in [5.74, 6) is 0.0509. The molecule has 0 unspecified atom stereocenters. The second-order valence-electron chi connectivity index (χ2n) is 8.16. The van der Waals surface area contributed by atoms with E-state index in [0.29, 0.717) is 11.3 Å². The predicted molar refractivity (Wildman–Crippen MR) is 133 cm³/mol. The molecule has 3 aromatic carbocycles. The van der Waals surface area contributed by atoms with Gasteiger partial charge in [0.2, 0.25) is 0 Å². The van der Waals surface area contributed by atoms with Crippen molar-refractivity contribution in [2.75, 3.05) is 38.6 Å². The molecule has 0 aliphatic carbocycles. The van der Waals surface area contributed by atoms with E-state index in [-0.39, 0.29) is 18.2 Å². The van der Waals surface area contributed by atoms with Crippen molar-refractivity contribution < 1.29 is 9.53 Å². The summed E-state index contributed by atoms with van der Waals surface area (Å²) in [6, 6.07) is 19.8. The number of nitrogens with two attached hydrogens (primary N) is 1. The minimum atomic E-state index is 0. The number of hydrogen-bond donors (Lipinski definition) is 1. The van der Waals surface area contributed by atoms with Gasteiger partial charge in [-0.1, -0.05) is 42.5 Å². The summed E-state index contributed by atoms with van der Waals surface area (Å²) in [7, 11) is 0. The quantitative estimate of drug-likeness (QED) is 0.355. The molecule has 1 aliphatic rings.